The Morgan fingerprint density at radius 1 is 1.27 bits per heavy atom. The second kappa shape index (κ2) is 6.55. The Balaban J connectivity index is 2.36. The van der Waals surface area contributed by atoms with Crippen molar-refractivity contribution in [3.63, 3.8) is 0 Å². The maximum absolute atomic E-state index is 8.83. The molecule has 0 amide bonds. The fourth-order valence-electron chi connectivity index (χ4n) is 1.51. The molecular formula is C10H19N3O2. The molecule has 0 aromatic carbocycles. The van der Waals surface area contributed by atoms with Crippen molar-refractivity contribution in [2.24, 2.45) is 7.05 Å². The minimum absolute atomic E-state index is 0.126. The number of rotatable bonds is 7. The molecule has 1 aromatic heterocycles. The number of nitrogens with zero attached hydrogens (tertiary/aromatic N) is 3. The highest BCUT2D eigenvalue weighted by Crippen LogP contribution is 1.98. The Hall–Kier alpha value is -0.910. The summed E-state index contributed by atoms with van der Waals surface area (Å²) in [6.07, 6.45) is 4.53. The fourth-order valence-corrected chi connectivity index (χ4v) is 1.51. The largest absolute Gasteiger partial charge is 0.395 e. The third-order valence-corrected chi connectivity index (χ3v) is 2.41. The smallest absolute Gasteiger partial charge is 0.109 e. The Bertz CT molecular complexity index is 269. The van der Waals surface area contributed by atoms with E-state index in [1.165, 1.54) is 0 Å². The van der Waals surface area contributed by atoms with E-state index in [0.717, 1.165) is 18.8 Å². The molecule has 0 spiro atoms. The van der Waals surface area contributed by atoms with Crippen molar-refractivity contribution < 1.29 is 10.2 Å². The van der Waals surface area contributed by atoms with Crippen LogP contribution in [0, 0.1) is 0 Å². The molecule has 5 nitrogen and oxygen atoms in total. The van der Waals surface area contributed by atoms with Crippen LogP contribution in [0.15, 0.2) is 12.4 Å². The van der Waals surface area contributed by atoms with Gasteiger partial charge in [-0.15, -0.1) is 0 Å². The molecule has 0 unspecified atom stereocenters. The Morgan fingerprint density at radius 3 is 2.40 bits per heavy atom. The van der Waals surface area contributed by atoms with Crippen LogP contribution in [-0.2, 0) is 13.5 Å². The number of hydrogen-bond acceptors (Lipinski definition) is 4. The van der Waals surface area contributed by atoms with Crippen LogP contribution in [0.4, 0.5) is 0 Å². The topological polar surface area (TPSA) is 61.5 Å². The van der Waals surface area contributed by atoms with Crippen molar-refractivity contribution in [1.82, 2.24) is 14.5 Å². The first kappa shape index (κ1) is 12.2. The molecule has 15 heavy (non-hydrogen) atoms. The summed E-state index contributed by atoms with van der Waals surface area (Å²) in [5, 5.41) is 17.7. The Kier molecular flexibility index (Phi) is 5.31. The number of aromatic nitrogens is 2. The van der Waals surface area contributed by atoms with Crippen LogP contribution >= 0.6 is 0 Å². The van der Waals surface area contributed by atoms with Crippen LogP contribution < -0.4 is 0 Å². The van der Waals surface area contributed by atoms with Crippen molar-refractivity contribution in [2.45, 2.75) is 6.42 Å². The normalized spacial score (nSPS) is 11.2. The molecule has 0 aliphatic heterocycles. The van der Waals surface area contributed by atoms with Gasteiger partial charge in [0.2, 0.25) is 0 Å². The van der Waals surface area contributed by atoms with Gasteiger partial charge in [0.15, 0.2) is 0 Å². The fraction of sp³-hybridized carbons (Fsp3) is 0.700. The van der Waals surface area contributed by atoms with Crippen molar-refractivity contribution >= 4 is 0 Å². The molecule has 0 atom stereocenters. The van der Waals surface area contributed by atoms with E-state index in [0.29, 0.717) is 13.1 Å². The van der Waals surface area contributed by atoms with Gasteiger partial charge in [0, 0.05) is 45.5 Å². The molecule has 5 heteroatoms. The number of imidazole rings is 1. The van der Waals surface area contributed by atoms with Crippen LogP contribution in [0.5, 0.6) is 0 Å². The van der Waals surface area contributed by atoms with Crippen LogP contribution in [0.3, 0.4) is 0 Å². The Labute approximate surface area is 90.0 Å². The standard InChI is InChI=1S/C10H19N3O2/c1-12-5-3-11-10(12)2-4-13(6-8-14)7-9-15/h3,5,14-15H,2,4,6-9H2,1H3. The molecule has 0 fully saturated rings. The van der Waals surface area contributed by atoms with E-state index in [1.54, 1.807) is 6.20 Å². The maximum Gasteiger partial charge on any atom is 0.109 e. The number of aliphatic hydroxyl groups excluding tert-OH is 2. The molecular weight excluding hydrogens is 194 g/mol. The predicted molar refractivity (Wildman–Crippen MR) is 57.5 cm³/mol. The van der Waals surface area contributed by atoms with E-state index in [2.05, 4.69) is 4.98 Å². The SMILES string of the molecule is Cn1ccnc1CCN(CCO)CCO. The third-order valence-electron chi connectivity index (χ3n) is 2.41. The second-order valence-electron chi connectivity index (χ2n) is 3.49. The highest BCUT2D eigenvalue weighted by molar-refractivity contribution is 4.91. The number of aryl methyl sites for hydroxylation is 1. The lowest BCUT2D eigenvalue weighted by molar-refractivity contribution is 0.161. The minimum atomic E-state index is 0.126. The first-order valence-corrected chi connectivity index (χ1v) is 5.18. The molecule has 0 aliphatic rings. The summed E-state index contributed by atoms with van der Waals surface area (Å²) in [7, 11) is 1.96. The summed E-state index contributed by atoms with van der Waals surface area (Å²) in [6, 6.07) is 0. The average Bonchev–Trinajstić information content (AvgIpc) is 2.61. The summed E-state index contributed by atoms with van der Waals surface area (Å²) in [5.41, 5.74) is 0. The van der Waals surface area contributed by atoms with E-state index in [-0.39, 0.29) is 13.2 Å². The van der Waals surface area contributed by atoms with Gasteiger partial charge in [-0.25, -0.2) is 4.98 Å². The Morgan fingerprint density at radius 2 is 1.93 bits per heavy atom. The number of hydrogen-bond donors (Lipinski definition) is 2. The summed E-state index contributed by atoms with van der Waals surface area (Å²) >= 11 is 0. The van der Waals surface area contributed by atoms with Gasteiger partial charge in [-0.05, 0) is 0 Å². The highest BCUT2D eigenvalue weighted by atomic mass is 16.3. The molecule has 0 bridgehead atoms. The van der Waals surface area contributed by atoms with Crippen molar-refractivity contribution in [2.75, 3.05) is 32.8 Å². The first-order valence-electron chi connectivity index (χ1n) is 5.18. The van der Waals surface area contributed by atoms with Crippen LogP contribution in [0.1, 0.15) is 5.82 Å². The van der Waals surface area contributed by atoms with Gasteiger partial charge in [-0.1, -0.05) is 0 Å². The van der Waals surface area contributed by atoms with Gasteiger partial charge in [0.05, 0.1) is 13.2 Å². The van der Waals surface area contributed by atoms with Crippen molar-refractivity contribution in [3.8, 4) is 0 Å². The summed E-state index contributed by atoms with van der Waals surface area (Å²) < 4.78 is 1.98. The quantitative estimate of drug-likeness (QED) is 0.625. The molecule has 86 valence electrons. The molecule has 2 N–H and O–H groups in total. The lowest BCUT2D eigenvalue weighted by Crippen LogP contribution is -2.32. The van der Waals surface area contributed by atoms with Gasteiger partial charge >= 0.3 is 0 Å². The average molecular weight is 213 g/mol. The lowest BCUT2D eigenvalue weighted by Gasteiger charge is -2.19. The molecule has 1 rings (SSSR count). The summed E-state index contributed by atoms with van der Waals surface area (Å²) in [6.45, 7) is 2.27. The van der Waals surface area contributed by atoms with E-state index < -0.39 is 0 Å². The summed E-state index contributed by atoms with van der Waals surface area (Å²) in [5.74, 6) is 1.02. The summed E-state index contributed by atoms with van der Waals surface area (Å²) in [4.78, 5) is 6.24. The molecule has 0 saturated heterocycles. The van der Waals surface area contributed by atoms with Gasteiger partial charge in [-0.2, -0.15) is 0 Å². The first-order chi connectivity index (χ1) is 7.27. The van der Waals surface area contributed by atoms with E-state index in [1.807, 2.05) is 22.7 Å². The monoisotopic (exact) mass is 213 g/mol. The minimum Gasteiger partial charge on any atom is -0.395 e. The molecule has 1 heterocycles. The van der Waals surface area contributed by atoms with Gasteiger partial charge in [0.25, 0.3) is 0 Å². The molecule has 0 saturated carbocycles. The zero-order chi connectivity index (χ0) is 11.1. The molecule has 0 radical (unpaired) electrons. The lowest BCUT2D eigenvalue weighted by atomic mass is 10.3. The predicted octanol–water partition coefficient (Wildman–Crippen LogP) is -0.751. The van der Waals surface area contributed by atoms with E-state index >= 15 is 0 Å². The van der Waals surface area contributed by atoms with Gasteiger partial charge < -0.3 is 14.8 Å². The maximum atomic E-state index is 8.83. The van der Waals surface area contributed by atoms with Crippen LogP contribution in [-0.4, -0.2) is 57.5 Å². The van der Waals surface area contributed by atoms with Crippen LogP contribution in [0.2, 0.25) is 0 Å². The zero-order valence-corrected chi connectivity index (χ0v) is 9.13. The van der Waals surface area contributed by atoms with E-state index in [4.69, 9.17) is 10.2 Å². The van der Waals surface area contributed by atoms with Gasteiger partial charge in [-0.3, -0.25) is 4.90 Å². The third kappa shape index (κ3) is 3.99. The van der Waals surface area contributed by atoms with E-state index in [9.17, 15) is 0 Å². The zero-order valence-electron chi connectivity index (χ0n) is 9.13. The molecule has 0 aliphatic carbocycles. The molecule has 1 aromatic rings. The highest BCUT2D eigenvalue weighted by Gasteiger charge is 2.05. The van der Waals surface area contributed by atoms with Crippen LogP contribution in [0.25, 0.3) is 0 Å². The van der Waals surface area contributed by atoms with Gasteiger partial charge in [0.1, 0.15) is 5.82 Å². The number of aliphatic hydroxyl groups is 2. The van der Waals surface area contributed by atoms with Crippen molar-refractivity contribution in [3.05, 3.63) is 18.2 Å². The second-order valence-corrected chi connectivity index (χ2v) is 3.49. The van der Waals surface area contributed by atoms with Crippen molar-refractivity contribution in [1.29, 1.82) is 0 Å².